The van der Waals surface area contributed by atoms with E-state index in [2.05, 4.69) is 26.7 Å². The Kier molecular flexibility index (Phi) is 6.38. The van der Waals surface area contributed by atoms with Crippen molar-refractivity contribution in [3.8, 4) is 11.1 Å². The number of rotatable bonds is 5. The topological polar surface area (TPSA) is 90.1 Å². The van der Waals surface area contributed by atoms with Gasteiger partial charge in [-0.15, -0.1) is 5.10 Å². The van der Waals surface area contributed by atoms with Crippen LogP contribution in [0.3, 0.4) is 0 Å². The molecular weight excluding hydrogens is 435 g/mol. The number of amides is 1. The zero-order valence-corrected chi connectivity index (χ0v) is 19.0. The number of carbonyl (C=O) groups is 1. The van der Waals surface area contributed by atoms with Crippen LogP contribution in [0.1, 0.15) is 49.3 Å². The summed E-state index contributed by atoms with van der Waals surface area (Å²) in [6.45, 7) is 2.17. The highest BCUT2D eigenvalue weighted by Crippen LogP contribution is 2.47. The van der Waals surface area contributed by atoms with Gasteiger partial charge in [-0.05, 0) is 67.9 Å². The normalized spacial score (nSPS) is 23.8. The molecule has 176 valence electrons. The van der Waals surface area contributed by atoms with Crippen molar-refractivity contribution in [1.29, 1.82) is 0 Å². The molecule has 2 aliphatic rings. The zero-order valence-electron chi connectivity index (χ0n) is 19.0. The van der Waals surface area contributed by atoms with Crippen LogP contribution in [-0.2, 0) is 11.2 Å². The van der Waals surface area contributed by atoms with E-state index in [1.807, 2.05) is 24.3 Å². The zero-order chi connectivity index (χ0) is 23.5. The predicted octanol–water partition coefficient (Wildman–Crippen LogP) is 5.15. The molecule has 2 heterocycles. The number of ether oxygens (including phenoxy) is 1. The van der Waals surface area contributed by atoms with Crippen LogP contribution in [0.25, 0.3) is 17.2 Å². The number of aromatic nitrogens is 3. The standard InChI is InChI=1S/C26H27FN4O3/c1-2-33-26(32)29-21-9-10-22-18(13-21)14-24-25(30-31-34-24)23(22)11-8-20-7-6-17(15-28-20)16-4-3-5-19(27)12-16/h3-8,11-12,15,18,21-23H,2,9-10,13-14H2,1H3,(H,29,32)/t18-,21+,22+,23-/m0/s1. The molecule has 2 aliphatic carbocycles. The van der Waals surface area contributed by atoms with Crippen molar-refractivity contribution in [3.63, 3.8) is 0 Å². The molecule has 4 atom stereocenters. The van der Waals surface area contributed by atoms with Gasteiger partial charge >= 0.3 is 6.09 Å². The Balaban J connectivity index is 1.32. The lowest BCUT2D eigenvalue weighted by Gasteiger charge is -2.41. The molecule has 1 saturated carbocycles. The fourth-order valence-electron chi connectivity index (χ4n) is 5.30. The fourth-order valence-corrected chi connectivity index (χ4v) is 5.30. The minimum absolute atomic E-state index is 0.0771. The third kappa shape index (κ3) is 4.71. The monoisotopic (exact) mass is 462 g/mol. The van der Waals surface area contributed by atoms with E-state index >= 15 is 0 Å². The first-order valence-electron chi connectivity index (χ1n) is 11.8. The molecule has 0 spiro atoms. The molecule has 1 fully saturated rings. The van der Waals surface area contributed by atoms with E-state index < -0.39 is 0 Å². The average Bonchev–Trinajstić information content (AvgIpc) is 3.30. The molecule has 34 heavy (non-hydrogen) atoms. The van der Waals surface area contributed by atoms with E-state index in [0.29, 0.717) is 18.4 Å². The Morgan fingerprint density at radius 2 is 2.18 bits per heavy atom. The molecule has 0 bridgehead atoms. The second-order valence-electron chi connectivity index (χ2n) is 8.95. The van der Waals surface area contributed by atoms with Crippen LogP contribution in [0.4, 0.5) is 9.18 Å². The van der Waals surface area contributed by atoms with E-state index in [9.17, 15) is 9.18 Å². The first kappa shape index (κ1) is 22.3. The van der Waals surface area contributed by atoms with Gasteiger partial charge in [0, 0.05) is 35.4 Å². The van der Waals surface area contributed by atoms with Crippen LogP contribution < -0.4 is 5.32 Å². The Hall–Kier alpha value is -3.55. The van der Waals surface area contributed by atoms with Crippen LogP contribution in [0.15, 0.2) is 53.2 Å². The molecule has 0 radical (unpaired) electrons. The second-order valence-corrected chi connectivity index (χ2v) is 8.95. The summed E-state index contributed by atoms with van der Waals surface area (Å²) in [6, 6.07) is 10.5. The Bertz CT molecular complexity index is 1180. The largest absolute Gasteiger partial charge is 0.450 e. The van der Waals surface area contributed by atoms with Gasteiger partial charge in [-0.25, -0.2) is 9.18 Å². The minimum Gasteiger partial charge on any atom is -0.450 e. The van der Waals surface area contributed by atoms with Crippen molar-refractivity contribution >= 4 is 12.2 Å². The van der Waals surface area contributed by atoms with Crippen LogP contribution in [-0.4, -0.2) is 34.1 Å². The van der Waals surface area contributed by atoms with E-state index in [0.717, 1.165) is 54.0 Å². The highest BCUT2D eigenvalue weighted by Gasteiger charge is 2.42. The second kappa shape index (κ2) is 9.75. The third-order valence-corrected chi connectivity index (χ3v) is 6.87. The summed E-state index contributed by atoms with van der Waals surface area (Å²) in [5, 5.41) is 11.1. The molecule has 1 amide bonds. The molecule has 3 aromatic rings. The SMILES string of the molecule is CCOC(=O)N[C@@H]1CC[C@@H]2[C@H](Cc3onnc3[C@H]2C=Cc2ccc(-c3cccc(F)c3)cn2)C1. The van der Waals surface area contributed by atoms with Crippen molar-refractivity contribution in [1.82, 2.24) is 20.7 Å². The highest BCUT2D eigenvalue weighted by molar-refractivity contribution is 5.67. The smallest absolute Gasteiger partial charge is 0.407 e. The summed E-state index contributed by atoms with van der Waals surface area (Å²) >= 11 is 0. The van der Waals surface area contributed by atoms with Crippen molar-refractivity contribution in [2.24, 2.45) is 11.8 Å². The van der Waals surface area contributed by atoms with E-state index in [1.54, 1.807) is 19.2 Å². The summed E-state index contributed by atoms with van der Waals surface area (Å²) in [6.07, 6.45) is 9.06. The number of benzene rings is 1. The number of carbonyl (C=O) groups excluding carboxylic acids is 1. The molecule has 0 unspecified atom stereocenters. The van der Waals surface area contributed by atoms with E-state index in [-0.39, 0.29) is 23.9 Å². The summed E-state index contributed by atoms with van der Waals surface area (Å²) in [4.78, 5) is 16.4. The number of nitrogens with zero attached hydrogens (tertiary/aromatic N) is 3. The van der Waals surface area contributed by atoms with E-state index in [4.69, 9.17) is 9.26 Å². The van der Waals surface area contributed by atoms with Crippen molar-refractivity contribution in [2.45, 2.75) is 44.6 Å². The van der Waals surface area contributed by atoms with Crippen molar-refractivity contribution < 1.29 is 18.4 Å². The number of allylic oxidation sites excluding steroid dienone is 1. The quantitative estimate of drug-likeness (QED) is 0.564. The third-order valence-electron chi connectivity index (χ3n) is 6.87. The molecule has 5 rings (SSSR count). The van der Waals surface area contributed by atoms with Crippen LogP contribution >= 0.6 is 0 Å². The van der Waals surface area contributed by atoms with Gasteiger partial charge in [-0.3, -0.25) is 4.98 Å². The molecule has 0 aliphatic heterocycles. The Labute approximate surface area is 197 Å². The number of fused-ring (bicyclic) bond motifs is 2. The molecule has 8 heteroatoms. The molecule has 0 saturated heterocycles. The van der Waals surface area contributed by atoms with Gasteiger partial charge in [0.15, 0.2) is 5.76 Å². The maximum atomic E-state index is 13.5. The number of nitrogens with one attached hydrogen (secondary N) is 1. The number of alkyl carbamates (subject to hydrolysis) is 1. The lowest BCUT2D eigenvalue weighted by molar-refractivity contribution is 0.125. The van der Waals surface area contributed by atoms with Crippen molar-refractivity contribution in [2.75, 3.05) is 6.61 Å². The van der Waals surface area contributed by atoms with Crippen LogP contribution in [0, 0.1) is 17.7 Å². The van der Waals surface area contributed by atoms with E-state index in [1.165, 1.54) is 12.1 Å². The molecule has 1 aromatic carbocycles. The summed E-state index contributed by atoms with van der Waals surface area (Å²) < 4.78 is 24.0. The molecular formula is C26H27FN4O3. The number of pyridine rings is 1. The Morgan fingerprint density at radius 1 is 1.26 bits per heavy atom. The Morgan fingerprint density at radius 3 is 2.97 bits per heavy atom. The molecule has 1 N–H and O–H groups in total. The first-order chi connectivity index (χ1) is 16.6. The maximum absolute atomic E-state index is 13.5. The van der Waals surface area contributed by atoms with Gasteiger partial charge in [0.05, 0.1) is 12.3 Å². The maximum Gasteiger partial charge on any atom is 0.407 e. The van der Waals surface area contributed by atoms with Crippen LogP contribution in [0.5, 0.6) is 0 Å². The predicted molar refractivity (Wildman–Crippen MR) is 124 cm³/mol. The first-order valence-corrected chi connectivity index (χ1v) is 11.8. The average molecular weight is 463 g/mol. The van der Waals surface area contributed by atoms with Gasteiger partial charge < -0.3 is 14.6 Å². The number of hydrogen-bond acceptors (Lipinski definition) is 6. The lowest BCUT2D eigenvalue weighted by Crippen LogP contribution is -2.44. The van der Waals surface area contributed by atoms with Gasteiger partial charge in [-0.2, -0.15) is 0 Å². The van der Waals surface area contributed by atoms with Crippen molar-refractivity contribution in [3.05, 3.63) is 71.6 Å². The van der Waals surface area contributed by atoms with Gasteiger partial charge in [0.25, 0.3) is 0 Å². The summed E-state index contributed by atoms with van der Waals surface area (Å²) in [5.74, 6) is 1.39. The van der Waals surface area contributed by atoms with Gasteiger partial charge in [0.1, 0.15) is 11.5 Å². The minimum atomic E-state index is -0.354. The van der Waals surface area contributed by atoms with Gasteiger partial charge in [-0.1, -0.05) is 24.3 Å². The summed E-state index contributed by atoms with van der Waals surface area (Å²) in [5.41, 5.74) is 3.37. The fraction of sp³-hybridized carbons (Fsp3) is 0.385. The van der Waals surface area contributed by atoms with Gasteiger partial charge in [0.2, 0.25) is 0 Å². The number of halogens is 1. The lowest BCUT2D eigenvalue weighted by atomic mass is 9.65. The summed E-state index contributed by atoms with van der Waals surface area (Å²) in [7, 11) is 0. The molecule has 7 nitrogen and oxygen atoms in total. The van der Waals surface area contributed by atoms with Crippen LogP contribution in [0.2, 0.25) is 0 Å². The highest BCUT2D eigenvalue weighted by atomic mass is 19.1. The molecule has 2 aromatic heterocycles. The number of hydrogen-bond donors (Lipinski definition) is 1.